The smallest absolute Gasteiger partial charge is 0.253 e. The van der Waals surface area contributed by atoms with Gasteiger partial charge in [-0.05, 0) is 50.3 Å². The molecule has 2 atom stereocenters. The predicted molar refractivity (Wildman–Crippen MR) is 126 cm³/mol. The van der Waals surface area contributed by atoms with Gasteiger partial charge in [-0.3, -0.25) is 9.59 Å². The van der Waals surface area contributed by atoms with Crippen LogP contribution in [0.25, 0.3) is 0 Å². The molecule has 2 fully saturated rings. The second-order valence-electron chi connectivity index (χ2n) is 8.96. The third kappa shape index (κ3) is 7.52. The van der Waals surface area contributed by atoms with Crippen molar-refractivity contribution in [3.8, 4) is 0 Å². The number of amides is 2. The van der Waals surface area contributed by atoms with Crippen LogP contribution < -0.4 is 10.0 Å². The number of piperidine rings is 1. The van der Waals surface area contributed by atoms with Crippen LogP contribution in [0.5, 0.6) is 0 Å². The first kappa shape index (κ1) is 25.6. The molecule has 2 unspecified atom stereocenters. The van der Waals surface area contributed by atoms with Gasteiger partial charge >= 0.3 is 0 Å². The highest BCUT2D eigenvalue weighted by molar-refractivity contribution is 7.89. The molecule has 2 amide bonds. The summed E-state index contributed by atoms with van der Waals surface area (Å²) in [6.07, 6.45) is 7.57. The molecule has 33 heavy (non-hydrogen) atoms. The molecule has 184 valence electrons. The first-order valence-electron chi connectivity index (χ1n) is 12.2. The van der Waals surface area contributed by atoms with Gasteiger partial charge in [-0.1, -0.05) is 32.3 Å². The Bertz CT molecular complexity index is 899. The maximum absolute atomic E-state index is 13.1. The van der Waals surface area contributed by atoms with Crippen molar-refractivity contribution in [2.75, 3.05) is 32.8 Å². The van der Waals surface area contributed by atoms with Gasteiger partial charge in [0.25, 0.3) is 5.91 Å². The van der Waals surface area contributed by atoms with E-state index in [0.29, 0.717) is 31.8 Å². The normalized spacial score (nSPS) is 21.2. The highest BCUT2D eigenvalue weighted by atomic mass is 32.2. The second kappa shape index (κ2) is 12.5. The van der Waals surface area contributed by atoms with Crippen LogP contribution in [0.1, 0.15) is 68.6 Å². The van der Waals surface area contributed by atoms with Gasteiger partial charge in [0.1, 0.15) is 0 Å². The van der Waals surface area contributed by atoms with Crippen LogP contribution in [-0.2, 0) is 19.6 Å². The van der Waals surface area contributed by atoms with E-state index in [2.05, 4.69) is 17.0 Å². The van der Waals surface area contributed by atoms with E-state index >= 15 is 0 Å². The molecule has 2 saturated heterocycles. The first-order valence-corrected chi connectivity index (χ1v) is 13.7. The molecule has 2 heterocycles. The minimum Gasteiger partial charge on any atom is -0.377 e. The molecule has 0 saturated carbocycles. The number of hydrogen-bond acceptors (Lipinski definition) is 5. The molecule has 2 N–H and O–H groups in total. The number of likely N-dealkylation sites (tertiary alicyclic amines) is 1. The topological polar surface area (TPSA) is 105 Å². The fourth-order valence-corrected chi connectivity index (χ4v) is 5.47. The number of benzene rings is 1. The number of hydrogen-bond donors (Lipinski definition) is 2. The van der Waals surface area contributed by atoms with E-state index in [1.54, 1.807) is 17.0 Å². The van der Waals surface area contributed by atoms with Crippen molar-refractivity contribution < 1.29 is 22.7 Å². The summed E-state index contributed by atoms with van der Waals surface area (Å²) in [5.41, 5.74) is 0.315. The lowest BCUT2D eigenvalue weighted by molar-refractivity contribution is -0.126. The second-order valence-corrected chi connectivity index (χ2v) is 10.7. The van der Waals surface area contributed by atoms with E-state index in [4.69, 9.17) is 4.74 Å². The Kier molecular flexibility index (Phi) is 9.70. The van der Waals surface area contributed by atoms with Crippen LogP contribution in [0.3, 0.4) is 0 Å². The molecule has 1 aromatic carbocycles. The molecule has 9 heteroatoms. The molecule has 0 bridgehead atoms. The number of nitrogens with one attached hydrogen (secondary N) is 2. The molecule has 8 nitrogen and oxygen atoms in total. The number of sulfonamides is 1. The van der Waals surface area contributed by atoms with Crippen LogP contribution in [0.4, 0.5) is 0 Å². The van der Waals surface area contributed by atoms with Crippen molar-refractivity contribution >= 4 is 21.8 Å². The van der Waals surface area contributed by atoms with Crippen LogP contribution in [0.15, 0.2) is 29.2 Å². The van der Waals surface area contributed by atoms with E-state index < -0.39 is 10.0 Å². The highest BCUT2D eigenvalue weighted by Gasteiger charge is 2.29. The Morgan fingerprint density at radius 2 is 2.00 bits per heavy atom. The van der Waals surface area contributed by atoms with Crippen molar-refractivity contribution in [2.24, 2.45) is 5.92 Å². The minimum atomic E-state index is -3.74. The van der Waals surface area contributed by atoms with Gasteiger partial charge in [-0.25, -0.2) is 13.1 Å². The molecule has 0 aromatic heterocycles. The molecule has 0 aliphatic carbocycles. The lowest BCUT2D eigenvalue weighted by atomic mass is 9.96. The SMILES string of the molecule is CCCCCCNC(=O)C1CCCN(C(=O)c2cccc(S(=O)(=O)NCC3CCCO3)c2)C1. The first-order chi connectivity index (χ1) is 15.9. The fraction of sp³-hybridized carbons (Fsp3) is 0.667. The highest BCUT2D eigenvalue weighted by Crippen LogP contribution is 2.21. The van der Waals surface area contributed by atoms with Crippen molar-refractivity contribution in [3.63, 3.8) is 0 Å². The summed E-state index contributed by atoms with van der Waals surface area (Å²) in [7, 11) is -3.74. The Labute approximate surface area is 197 Å². The van der Waals surface area contributed by atoms with Crippen LogP contribution >= 0.6 is 0 Å². The van der Waals surface area contributed by atoms with Crippen molar-refractivity contribution in [3.05, 3.63) is 29.8 Å². The third-order valence-corrected chi connectivity index (χ3v) is 7.75. The summed E-state index contributed by atoms with van der Waals surface area (Å²) in [4.78, 5) is 27.4. The number of carbonyl (C=O) groups is 2. The molecular formula is C24H37N3O5S. The van der Waals surface area contributed by atoms with E-state index in [-0.39, 0.29) is 35.3 Å². The molecule has 0 radical (unpaired) electrons. The Balaban J connectivity index is 1.57. The molecule has 1 aromatic rings. The maximum atomic E-state index is 13.1. The van der Waals surface area contributed by atoms with Gasteiger partial charge in [0.2, 0.25) is 15.9 Å². The molecule has 2 aliphatic heterocycles. The number of carbonyl (C=O) groups excluding carboxylic acids is 2. The summed E-state index contributed by atoms with van der Waals surface area (Å²) in [5, 5.41) is 3.00. The quantitative estimate of drug-likeness (QED) is 0.475. The summed E-state index contributed by atoms with van der Waals surface area (Å²) in [6.45, 7) is 4.62. The molecular weight excluding hydrogens is 442 g/mol. The van der Waals surface area contributed by atoms with Gasteiger partial charge < -0.3 is 15.0 Å². The van der Waals surface area contributed by atoms with Gasteiger partial charge in [-0.2, -0.15) is 0 Å². The maximum Gasteiger partial charge on any atom is 0.253 e. The predicted octanol–water partition coefficient (Wildman–Crippen LogP) is 2.69. The van der Waals surface area contributed by atoms with Gasteiger partial charge in [-0.15, -0.1) is 0 Å². The Morgan fingerprint density at radius 3 is 2.76 bits per heavy atom. The number of ether oxygens (including phenoxy) is 1. The zero-order chi connectivity index (χ0) is 23.7. The van der Waals surface area contributed by atoms with Gasteiger partial charge in [0, 0.05) is 38.3 Å². The monoisotopic (exact) mass is 479 g/mol. The van der Waals surface area contributed by atoms with Gasteiger partial charge in [0.15, 0.2) is 0 Å². The lowest BCUT2D eigenvalue weighted by Gasteiger charge is -2.32. The average molecular weight is 480 g/mol. The molecule has 3 rings (SSSR count). The number of rotatable bonds is 11. The number of unbranched alkanes of at least 4 members (excludes halogenated alkanes) is 3. The summed E-state index contributed by atoms with van der Waals surface area (Å²) in [6, 6.07) is 6.11. The summed E-state index contributed by atoms with van der Waals surface area (Å²) in [5.74, 6) is -0.473. The lowest BCUT2D eigenvalue weighted by Crippen LogP contribution is -2.45. The number of nitrogens with zero attached hydrogens (tertiary/aromatic N) is 1. The van der Waals surface area contributed by atoms with E-state index in [9.17, 15) is 18.0 Å². The van der Waals surface area contributed by atoms with Crippen LogP contribution in [0, 0.1) is 5.92 Å². The zero-order valence-corrected chi connectivity index (χ0v) is 20.4. The average Bonchev–Trinajstić information content (AvgIpc) is 3.36. The standard InChI is InChI=1S/C24H37N3O5S/c1-2-3-4-5-13-25-23(28)20-10-7-14-27(18-20)24(29)19-9-6-12-22(16-19)33(30,31)26-17-21-11-8-15-32-21/h6,9,12,16,20-21,26H,2-5,7-8,10-11,13-15,17-18H2,1H3,(H,25,28). The Morgan fingerprint density at radius 1 is 1.15 bits per heavy atom. The van der Waals surface area contributed by atoms with E-state index in [1.807, 2.05) is 0 Å². The van der Waals surface area contributed by atoms with Crippen LogP contribution in [-0.4, -0.2) is 64.0 Å². The summed E-state index contributed by atoms with van der Waals surface area (Å²) >= 11 is 0. The Hall–Kier alpha value is -1.97. The van der Waals surface area contributed by atoms with Crippen molar-refractivity contribution in [1.82, 2.24) is 14.9 Å². The summed E-state index contributed by atoms with van der Waals surface area (Å²) < 4.78 is 33.5. The molecule has 0 spiro atoms. The van der Waals surface area contributed by atoms with Crippen LogP contribution in [0.2, 0.25) is 0 Å². The zero-order valence-electron chi connectivity index (χ0n) is 19.6. The fourth-order valence-electron chi connectivity index (χ4n) is 4.35. The van der Waals surface area contributed by atoms with Crippen molar-refractivity contribution in [1.29, 1.82) is 0 Å². The van der Waals surface area contributed by atoms with E-state index in [1.165, 1.54) is 18.6 Å². The molecule has 2 aliphatic rings. The minimum absolute atomic E-state index is 0.00124. The largest absolute Gasteiger partial charge is 0.377 e. The van der Waals surface area contributed by atoms with Gasteiger partial charge in [0.05, 0.1) is 16.9 Å². The van der Waals surface area contributed by atoms with Crippen molar-refractivity contribution in [2.45, 2.75) is 69.3 Å². The third-order valence-electron chi connectivity index (χ3n) is 6.33. The van der Waals surface area contributed by atoms with E-state index in [0.717, 1.165) is 44.9 Å².